The number of unbranched alkanes of at least 4 members (excludes halogenated alkanes) is 1. The van der Waals surface area contributed by atoms with Crippen LogP contribution in [0, 0.1) is 5.92 Å². The maximum Gasteiger partial charge on any atom is 0.322 e. The first-order valence-electron chi connectivity index (χ1n) is 19.5. The largest absolute Gasteiger partial charge is 0.508 e. The smallest absolute Gasteiger partial charge is 0.322 e. The van der Waals surface area contributed by atoms with E-state index in [2.05, 4.69) is 28.2 Å². The van der Waals surface area contributed by atoms with Crippen LogP contribution in [0.3, 0.4) is 0 Å². The number of carbonyl (C=O) groups excluding carboxylic acids is 3. The van der Waals surface area contributed by atoms with Crippen LogP contribution in [0.4, 0.5) is 31.4 Å². The fourth-order valence-corrected chi connectivity index (χ4v) is 7.24. The second-order valence-corrected chi connectivity index (χ2v) is 14.2. The number of nitrogens with zero attached hydrogens (tertiary/aromatic N) is 2. The molecule has 1 fully saturated rings. The molecule has 286 valence electrons. The molecule has 2 atom stereocenters. The average molecular weight is 733 g/mol. The normalized spacial score (nSPS) is 13.9. The van der Waals surface area contributed by atoms with Crippen LogP contribution in [0.1, 0.15) is 70.3 Å². The van der Waals surface area contributed by atoms with Crippen LogP contribution in [0.5, 0.6) is 5.75 Å². The molecule has 54 heavy (non-hydrogen) atoms. The third-order valence-corrected chi connectivity index (χ3v) is 10.2. The van der Waals surface area contributed by atoms with E-state index in [1.807, 2.05) is 113 Å². The van der Waals surface area contributed by atoms with E-state index in [9.17, 15) is 19.5 Å². The maximum absolute atomic E-state index is 14.6. The monoisotopic (exact) mass is 732 g/mol. The summed E-state index contributed by atoms with van der Waals surface area (Å²) < 4.78 is 0. The lowest BCUT2D eigenvalue weighted by molar-refractivity contribution is 0.123. The lowest BCUT2D eigenvalue weighted by Gasteiger charge is -2.40. The van der Waals surface area contributed by atoms with Crippen LogP contribution in [-0.4, -0.2) is 64.7 Å². The van der Waals surface area contributed by atoms with Gasteiger partial charge >= 0.3 is 18.1 Å². The summed E-state index contributed by atoms with van der Waals surface area (Å²) in [5, 5.41) is 22.2. The van der Waals surface area contributed by atoms with E-state index in [-0.39, 0.29) is 49.0 Å². The molecule has 4 aromatic carbocycles. The minimum atomic E-state index is -0.335. The second-order valence-electron chi connectivity index (χ2n) is 14.2. The summed E-state index contributed by atoms with van der Waals surface area (Å²) >= 11 is 0. The van der Waals surface area contributed by atoms with Gasteiger partial charge in [0.2, 0.25) is 0 Å². The van der Waals surface area contributed by atoms with Gasteiger partial charge in [-0.2, -0.15) is 0 Å². The Bertz CT molecular complexity index is 1700. The summed E-state index contributed by atoms with van der Waals surface area (Å²) in [5.74, 6) is 0.601. The van der Waals surface area contributed by atoms with Gasteiger partial charge in [-0.3, -0.25) is 0 Å². The van der Waals surface area contributed by atoms with Crippen molar-refractivity contribution in [2.24, 2.45) is 5.92 Å². The van der Waals surface area contributed by atoms with Crippen LogP contribution in [-0.2, 0) is 6.42 Å². The average Bonchev–Trinajstić information content (AvgIpc) is 3.19. The summed E-state index contributed by atoms with van der Waals surface area (Å²) in [6, 6.07) is 33.7. The molecule has 5 rings (SSSR count). The Hall–Kier alpha value is -5.51. The van der Waals surface area contributed by atoms with Gasteiger partial charge < -0.3 is 36.2 Å². The van der Waals surface area contributed by atoms with E-state index >= 15 is 0 Å². The van der Waals surface area contributed by atoms with Gasteiger partial charge in [-0.05, 0) is 79.3 Å². The van der Waals surface area contributed by atoms with Crippen molar-refractivity contribution in [2.75, 3.05) is 35.6 Å². The Labute approximate surface area is 320 Å². The molecule has 6 amide bonds. The first-order chi connectivity index (χ1) is 26.4. The van der Waals surface area contributed by atoms with E-state index < -0.39 is 0 Å². The van der Waals surface area contributed by atoms with Crippen molar-refractivity contribution < 1.29 is 19.5 Å². The van der Waals surface area contributed by atoms with Gasteiger partial charge in [0.25, 0.3) is 0 Å². The highest BCUT2D eigenvalue weighted by Crippen LogP contribution is 2.30. The third-order valence-electron chi connectivity index (χ3n) is 10.2. The number of benzene rings is 4. The van der Waals surface area contributed by atoms with Crippen molar-refractivity contribution in [3.8, 4) is 5.75 Å². The molecule has 0 unspecified atom stereocenters. The lowest BCUT2D eigenvalue weighted by Crippen LogP contribution is -2.56. The lowest BCUT2D eigenvalue weighted by atomic mass is 9.84. The third kappa shape index (κ3) is 12.9. The van der Waals surface area contributed by atoms with Crippen molar-refractivity contribution in [1.82, 2.24) is 15.1 Å². The van der Waals surface area contributed by atoms with Crippen LogP contribution in [0.2, 0.25) is 0 Å². The van der Waals surface area contributed by atoms with Crippen LogP contribution < -0.4 is 21.3 Å². The Morgan fingerprint density at radius 2 is 1.22 bits per heavy atom. The van der Waals surface area contributed by atoms with Gasteiger partial charge in [-0.15, -0.1) is 0 Å². The molecule has 0 saturated heterocycles. The molecular formula is C44H56N6O4. The number of phenols is 1. The van der Waals surface area contributed by atoms with Gasteiger partial charge in [0.05, 0.1) is 12.1 Å². The predicted molar refractivity (Wildman–Crippen MR) is 218 cm³/mol. The first-order valence-corrected chi connectivity index (χ1v) is 19.5. The van der Waals surface area contributed by atoms with Crippen molar-refractivity contribution in [2.45, 2.75) is 83.2 Å². The van der Waals surface area contributed by atoms with Gasteiger partial charge in [0.1, 0.15) is 5.75 Å². The fraction of sp³-hybridized carbons (Fsp3) is 0.386. The number of amides is 6. The topological polar surface area (TPSA) is 126 Å². The minimum Gasteiger partial charge on any atom is -0.508 e. The van der Waals surface area contributed by atoms with Crippen molar-refractivity contribution in [3.63, 3.8) is 0 Å². The van der Waals surface area contributed by atoms with E-state index in [1.165, 1.54) is 6.42 Å². The van der Waals surface area contributed by atoms with E-state index in [0.29, 0.717) is 42.4 Å². The van der Waals surface area contributed by atoms with Crippen molar-refractivity contribution in [1.29, 1.82) is 0 Å². The fourth-order valence-electron chi connectivity index (χ4n) is 7.24. The molecule has 1 saturated carbocycles. The number of rotatable bonds is 17. The van der Waals surface area contributed by atoms with E-state index in [0.717, 1.165) is 50.5 Å². The Balaban J connectivity index is 1.47. The number of hydrogen-bond donors (Lipinski definition) is 5. The summed E-state index contributed by atoms with van der Waals surface area (Å²) in [6.07, 6.45) is 9.44. The Kier molecular flexibility index (Phi) is 15.6. The summed E-state index contributed by atoms with van der Waals surface area (Å²) in [7, 11) is 0. The SMILES string of the molecule is CCCC[C@@H](CN(C(=O)Nc1ccccc1)[C@@H](CNC(=O)Nc1ccccc1)CC1CCCCC1)N(CCc1ccc(O)cc1)C(=O)Nc1ccccc1. The highest BCUT2D eigenvalue weighted by atomic mass is 16.3. The summed E-state index contributed by atoms with van der Waals surface area (Å²) in [5.41, 5.74) is 3.04. The molecule has 5 N–H and O–H groups in total. The molecule has 10 nitrogen and oxygen atoms in total. The molecule has 1 aliphatic rings. The first kappa shape index (κ1) is 39.7. The van der Waals surface area contributed by atoms with Crippen molar-refractivity contribution >= 4 is 35.2 Å². The number of urea groups is 3. The molecule has 0 bridgehead atoms. The number of hydrogen-bond acceptors (Lipinski definition) is 4. The maximum atomic E-state index is 14.6. The highest BCUT2D eigenvalue weighted by molar-refractivity contribution is 5.91. The molecule has 0 aliphatic heterocycles. The summed E-state index contributed by atoms with van der Waals surface area (Å²) in [4.78, 5) is 45.9. The molecular weight excluding hydrogens is 677 g/mol. The number of para-hydroxylation sites is 3. The molecule has 10 heteroatoms. The number of phenolic OH excluding ortho intramolecular Hbond substituents is 1. The minimum absolute atomic E-state index is 0.188. The van der Waals surface area contributed by atoms with Gasteiger partial charge in [0, 0.05) is 36.7 Å². The van der Waals surface area contributed by atoms with Crippen molar-refractivity contribution in [3.05, 3.63) is 121 Å². The van der Waals surface area contributed by atoms with Gasteiger partial charge in [-0.1, -0.05) is 119 Å². The zero-order valence-electron chi connectivity index (χ0n) is 31.5. The molecule has 1 aliphatic carbocycles. The summed E-state index contributed by atoms with van der Waals surface area (Å²) in [6.45, 7) is 3.05. The second kappa shape index (κ2) is 21.3. The van der Waals surface area contributed by atoms with Crippen LogP contribution in [0.25, 0.3) is 0 Å². The zero-order valence-corrected chi connectivity index (χ0v) is 31.5. The molecule has 0 radical (unpaired) electrons. The predicted octanol–water partition coefficient (Wildman–Crippen LogP) is 9.72. The number of anilines is 3. The number of nitrogens with one attached hydrogen (secondary N) is 4. The molecule has 0 spiro atoms. The molecule has 0 heterocycles. The Morgan fingerprint density at radius 1 is 0.685 bits per heavy atom. The van der Waals surface area contributed by atoms with Crippen LogP contribution in [0.15, 0.2) is 115 Å². The standard InChI is InChI=1S/C44H56N6O4/c1-2-3-24-39(49(30-29-34-25-27-41(51)28-26-34)43(53)47-37-20-12-6-13-21-37)33-50(44(54)48-38-22-14-7-15-23-38)40(31-35-16-8-4-9-17-35)32-45-42(52)46-36-18-10-5-11-19-36/h5-7,10-15,18-23,25-28,35,39-40,51H,2-4,8-9,16-17,24,29-33H2,1H3,(H,47,53)(H,48,54)(H2,45,46,52)/t39-,40+/m0/s1. The number of carbonyl (C=O) groups is 3. The molecule has 0 aromatic heterocycles. The Morgan fingerprint density at radius 3 is 1.78 bits per heavy atom. The van der Waals surface area contributed by atoms with Gasteiger partial charge in [0.15, 0.2) is 0 Å². The van der Waals surface area contributed by atoms with E-state index in [4.69, 9.17) is 0 Å². The van der Waals surface area contributed by atoms with Crippen LogP contribution >= 0.6 is 0 Å². The van der Waals surface area contributed by atoms with Gasteiger partial charge in [-0.25, -0.2) is 14.4 Å². The zero-order chi connectivity index (χ0) is 38.0. The number of aromatic hydroxyl groups is 1. The van der Waals surface area contributed by atoms with E-state index in [1.54, 1.807) is 12.1 Å². The molecule has 4 aromatic rings. The highest BCUT2D eigenvalue weighted by Gasteiger charge is 2.33. The quantitative estimate of drug-likeness (QED) is 0.0741.